The fourth-order valence-corrected chi connectivity index (χ4v) is 2.68. The number of ether oxygens (including phenoxy) is 3. The predicted octanol–water partition coefficient (Wildman–Crippen LogP) is 3.61. The standard InChI is InChI=1S/C17H18N2O8/c1-4-25-17(22)27-15-10(3)18-9(2)14(26-16(20)21)13(15)11-6-5-7-12(8-11)19(23)24/h5-8,13,18H,4H2,1-3H3,(H,20,21). The molecule has 0 amide bonds. The molecule has 27 heavy (non-hydrogen) atoms. The van der Waals surface area contributed by atoms with E-state index in [9.17, 15) is 19.7 Å². The highest BCUT2D eigenvalue weighted by Crippen LogP contribution is 2.40. The van der Waals surface area contributed by atoms with Crippen LogP contribution < -0.4 is 5.32 Å². The Balaban J connectivity index is 2.58. The van der Waals surface area contributed by atoms with Gasteiger partial charge in [0.25, 0.3) is 5.69 Å². The number of nitro groups is 1. The van der Waals surface area contributed by atoms with Crippen molar-refractivity contribution >= 4 is 18.0 Å². The molecule has 0 spiro atoms. The smallest absolute Gasteiger partial charge is 0.449 e. The third-order valence-corrected chi connectivity index (χ3v) is 3.71. The molecular formula is C17H18N2O8. The van der Waals surface area contributed by atoms with E-state index in [0.717, 1.165) is 0 Å². The van der Waals surface area contributed by atoms with E-state index in [1.54, 1.807) is 26.8 Å². The number of carbonyl (C=O) groups excluding carboxylic acids is 1. The Morgan fingerprint density at radius 1 is 1.22 bits per heavy atom. The first-order valence-corrected chi connectivity index (χ1v) is 7.92. The lowest BCUT2D eigenvalue weighted by Crippen LogP contribution is -2.29. The summed E-state index contributed by atoms with van der Waals surface area (Å²) in [6.07, 6.45) is -2.56. The number of allylic oxidation sites excluding steroid dienone is 2. The van der Waals surface area contributed by atoms with Crippen molar-refractivity contribution in [2.45, 2.75) is 26.7 Å². The second-order valence-corrected chi connectivity index (χ2v) is 5.54. The Kier molecular flexibility index (Phi) is 6.01. The maximum absolute atomic E-state index is 11.8. The Morgan fingerprint density at radius 2 is 1.85 bits per heavy atom. The van der Waals surface area contributed by atoms with Crippen LogP contribution in [-0.4, -0.2) is 28.9 Å². The Morgan fingerprint density at radius 3 is 2.41 bits per heavy atom. The van der Waals surface area contributed by atoms with Gasteiger partial charge in [0.1, 0.15) is 17.4 Å². The van der Waals surface area contributed by atoms with Gasteiger partial charge in [-0.15, -0.1) is 0 Å². The Hall–Kier alpha value is -3.56. The summed E-state index contributed by atoms with van der Waals surface area (Å²) in [6, 6.07) is 5.54. The molecule has 1 aromatic rings. The van der Waals surface area contributed by atoms with Crippen LogP contribution in [0.1, 0.15) is 32.3 Å². The van der Waals surface area contributed by atoms with Crippen LogP contribution in [0.3, 0.4) is 0 Å². The van der Waals surface area contributed by atoms with Gasteiger partial charge in [0.15, 0.2) is 0 Å². The maximum atomic E-state index is 11.8. The van der Waals surface area contributed by atoms with Gasteiger partial charge in [-0.05, 0) is 26.3 Å². The van der Waals surface area contributed by atoms with Gasteiger partial charge < -0.3 is 24.6 Å². The Bertz CT molecular complexity index is 843. The maximum Gasteiger partial charge on any atom is 0.513 e. The molecule has 0 bridgehead atoms. The Labute approximate surface area is 154 Å². The van der Waals surface area contributed by atoms with Gasteiger partial charge >= 0.3 is 12.3 Å². The predicted molar refractivity (Wildman–Crippen MR) is 91.6 cm³/mol. The zero-order valence-electron chi connectivity index (χ0n) is 14.8. The quantitative estimate of drug-likeness (QED) is 0.447. The van der Waals surface area contributed by atoms with Gasteiger partial charge in [-0.1, -0.05) is 12.1 Å². The first kappa shape index (κ1) is 19.8. The molecule has 1 aromatic carbocycles. The van der Waals surface area contributed by atoms with Crippen LogP contribution in [0.2, 0.25) is 0 Å². The lowest BCUT2D eigenvalue weighted by Gasteiger charge is -2.29. The van der Waals surface area contributed by atoms with Gasteiger partial charge in [0.2, 0.25) is 0 Å². The molecule has 0 fully saturated rings. The van der Waals surface area contributed by atoms with Gasteiger partial charge in [0, 0.05) is 12.1 Å². The summed E-state index contributed by atoms with van der Waals surface area (Å²) < 4.78 is 14.9. The molecule has 10 nitrogen and oxygen atoms in total. The second kappa shape index (κ2) is 8.21. The molecule has 2 rings (SSSR count). The van der Waals surface area contributed by atoms with Crippen LogP contribution in [0.5, 0.6) is 0 Å². The van der Waals surface area contributed by atoms with E-state index in [4.69, 9.17) is 19.3 Å². The molecule has 1 aliphatic heterocycles. The van der Waals surface area contributed by atoms with Crippen molar-refractivity contribution in [3.8, 4) is 0 Å². The number of rotatable bonds is 5. The minimum absolute atomic E-state index is 0.0239. The summed E-state index contributed by atoms with van der Waals surface area (Å²) in [7, 11) is 0. The summed E-state index contributed by atoms with van der Waals surface area (Å²) in [5.41, 5.74) is 0.892. The number of nitro benzene ring substituents is 1. The summed E-state index contributed by atoms with van der Waals surface area (Å²) in [5.74, 6) is -1.03. The summed E-state index contributed by atoms with van der Waals surface area (Å²) >= 11 is 0. The number of carbonyl (C=O) groups is 2. The molecule has 1 atom stereocenters. The molecule has 0 radical (unpaired) electrons. The molecular weight excluding hydrogens is 360 g/mol. The molecule has 1 unspecified atom stereocenters. The van der Waals surface area contributed by atoms with Crippen molar-refractivity contribution < 1.29 is 33.8 Å². The van der Waals surface area contributed by atoms with E-state index < -0.39 is 23.2 Å². The topological polar surface area (TPSA) is 137 Å². The average molecular weight is 378 g/mol. The van der Waals surface area contributed by atoms with Crippen LogP contribution in [0.25, 0.3) is 0 Å². The highest BCUT2D eigenvalue weighted by Gasteiger charge is 2.35. The van der Waals surface area contributed by atoms with Crippen molar-refractivity contribution in [3.63, 3.8) is 0 Å². The van der Waals surface area contributed by atoms with Crippen LogP contribution in [0.4, 0.5) is 15.3 Å². The summed E-state index contributed by atoms with van der Waals surface area (Å²) in [6.45, 7) is 4.86. The van der Waals surface area contributed by atoms with Crippen molar-refractivity contribution in [1.29, 1.82) is 0 Å². The summed E-state index contributed by atoms with van der Waals surface area (Å²) in [4.78, 5) is 33.5. The third-order valence-electron chi connectivity index (χ3n) is 3.71. The van der Waals surface area contributed by atoms with Gasteiger partial charge in [-0.25, -0.2) is 9.59 Å². The number of nitrogens with one attached hydrogen (secondary N) is 1. The lowest BCUT2D eigenvalue weighted by molar-refractivity contribution is -0.384. The third kappa shape index (κ3) is 4.54. The first-order chi connectivity index (χ1) is 12.7. The first-order valence-electron chi connectivity index (χ1n) is 7.92. The van der Waals surface area contributed by atoms with Gasteiger partial charge in [-0.3, -0.25) is 10.1 Å². The monoisotopic (exact) mass is 378 g/mol. The highest BCUT2D eigenvalue weighted by atomic mass is 16.7. The number of hydrogen-bond donors (Lipinski definition) is 2. The molecule has 10 heteroatoms. The lowest BCUT2D eigenvalue weighted by atomic mass is 9.90. The molecule has 1 aliphatic rings. The zero-order valence-corrected chi connectivity index (χ0v) is 14.8. The average Bonchev–Trinajstić information content (AvgIpc) is 2.59. The highest BCUT2D eigenvalue weighted by molar-refractivity contribution is 5.64. The number of benzene rings is 1. The molecule has 144 valence electrons. The van der Waals surface area contributed by atoms with Crippen LogP contribution in [0, 0.1) is 10.1 Å². The molecule has 2 N–H and O–H groups in total. The molecule has 0 aromatic heterocycles. The van der Waals surface area contributed by atoms with Crippen molar-refractivity contribution in [3.05, 3.63) is 62.9 Å². The van der Waals surface area contributed by atoms with Gasteiger partial charge in [-0.2, -0.15) is 0 Å². The second-order valence-electron chi connectivity index (χ2n) is 5.54. The molecule has 0 saturated carbocycles. The number of dihydropyridines is 1. The molecule has 1 heterocycles. The fraction of sp³-hybridized carbons (Fsp3) is 0.294. The molecule has 0 saturated heterocycles. The van der Waals surface area contributed by atoms with Gasteiger partial charge in [0.05, 0.1) is 22.9 Å². The van der Waals surface area contributed by atoms with Crippen molar-refractivity contribution in [1.82, 2.24) is 5.32 Å². The van der Waals surface area contributed by atoms with E-state index in [-0.39, 0.29) is 23.8 Å². The van der Waals surface area contributed by atoms with Crippen molar-refractivity contribution in [2.24, 2.45) is 0 Å². The summed E-state index contributed by atoms with van der Waals surface area (Å²) in [5, 5.41) is 23.0. The fourth-order valence-electron chi connectivity index (χ4n) is 2.68. The zero-order chi connectivity index (χ0) is 20.1. The van der Waals surface area contributed by atoms with Crippen LogP contribution in [0.15, 0.2) is 47.2 Å². The van der Waals surface area contributed by atoms with Crippen LogP contribution in [-0.2, 0) is 14.2 Å². The van der Waals surface area contributed by atoms with Crippen LogP contribution >= 0.6 is 0 Å². The minimum atomic E-state index is -1.57. The largest absolute Gasteiger partial charge is 0.513 e. The van der Waals surface area contributed by atoms with E-state index >= 15 is 0 Å². The van der Waals surface area contributed by atoms with E-state index in [0.29, 0.717) is 17.0 Å². The van der Waals surface area contributed by atoms with Crippen molar-refractivity contribution in [2.75, 3.05) is 6.61 Å². The molecule has 0 aliphatic carbocycles. The van der Waals surface area contributed by atoms with E-state index in [2.05, 4.69) is 5.32 Å². The normalized spacial score (nSPS) is 16.5. The minimum Gasteiger partial charge on any atom is -0.449 e. The number of hydrogen-bond acceptors (Lipinski definition) is 8. The number of non-ortho nitro benzene ring substituents is 1. The SMILES string of the molecule is CCOC(=O)OC1=C(C)NC(C)=C(OC(=O)O)C1c1cccc([N+](=O)[O-])c1. The number of nitrogens with zero attached hydrogens (tertiary/aromatic N) is 1. The van der Waals surface area contributed by atoms with E-state index in [1.165, 1.54) is 18.2 Å². The number of carboxylic acid groups (broad SMARTS) is 1. The van der Waals surface area contributed by atoms with E-state index in [1.807, 2.05) is 0 Å².